The Hall–Kier alpha value is -2.86. The number of benzene rings is 2. The van der Waals surface area contributed by atoms with E-state index in [0.717, 1.165) is 31.5 Å². The van der Waals surface area contributed by atoms with Crippen LogP contribution in [0.25, 0.3) is 0 Å². The minimum absolute atomic E-state index is 0.0628. The van der Waals surface area contributed by atoms with Crippen LogP contribution in [0.5, 0.6) is 0 Å². The highest BCUT2D eigenvalue weighted by molar-refractivity contribution is 6.05. The van der Waals surface area contributed by atoms with Crippen molar-refractivity contribution in [1.82, 2.24) is 4.90 Å². The molecule has 0 saturated carbocycles. The number of hydrogen-bond donors (Lipinski definition) is 2. The van der Waals surface area contributed by atoms with E-state index in [1.165, 1.54) is 12.8 Å². The topological polar surface area (TPSA) is 70.7 Å². The molecule has 2 aromatic carbocycles. The molecule has 0 bridgehead atoms. The van der Waals surface area contributed by atoms with Crippen LogP contribution in [0.1, 0.15) is 41.6 Å². The standard InChI is InChI=1S/C22H27N3O3/c1-28-16-17-8-4-5-9-20(17)21(26)23-18-10-12-19(13-11-18)24-22(27)25-14-6-2-3-7-15-25/h4-5,8-13H,2-3,6-7,14-16H2,1H3,(H,23,26)(H,24,27). The molecule has 3 amide bonds. The van der Waals surface area contributed by atoms with Gasteiger partial charge in [-0.05, 0) is 48.7 Å². The molecule has 3 rings (SSSR count). The van der Waals surface area contributed by atoms with Gasteiger partial charge in [0.25, 0.3) is 5.91 Å². The largest absolute Gasteiger partial charge is 0.380 e. The van der Waals surface area contributed by atoms with E-state index < -0.39 is 0 Å². The van der Waals surface area contributed by atoms with Gasteiger partial charge >= 0.3 is 6.03 Å². The minimum atomic E-state index is -0.186. The number of urea groups is 1. The summed E-state index contributed by atoms with van der Waals surface area (Å²) in [7, 11) is 1.60. The maximum absolute atomic E-state index is 12.6. The average Bonchev–Trinajstić information content (AvgIpc) is 3.00. The second-order valence-corrected chi connectivity index (χ2v) is 6.95. The number of rotatable bonds is 5. The second kappa shape index (κ2) is 9.90. The van der Waals surface area contributed by atoms with Crippen molar-refractivity contribution in [2.24, 2.45) is 0 Å². The molecule has 6 nitrogen and oxygen atoms in total. The molecule has 148 valence electrons. The van der Waals surface area contributed by atoms with E-state index in [-0.39, 0.29) is 11.9 Å². The zero-order valence-corrected chi connectivity index (χ0v) is 16.2. The summed E-state index contributed by atoms with van der Waals surface area (Å²) in [4.78, 5) is 26.8. The van der Waals surface area contributed by atoms with E-state index >= 15 is 0 Å². The van der Waals surface area contributed by atoms with E-state index in [1.54, 1.807) is 37.4 Å². The van der Waals surface area contributed by atoms with Gasteiger partial charge in [-0.15, -0.1) is 0 Å². The summed E-state index contributed by atoms with van der Waals surface area (Å²) in [5, 5.41) is 5.83. The van der Waals surface area contributed by atoms with Gasteiger partial charge in [-0.1, -0.05) is 31.0 Å². The first kappa shape index (κ1) is 19.9. The average molecular weight is 381 g/mol. The number of nitrogens with one attached hydrogen (secondary N) is 2. The molecule has 2 aromatic rings. The lowest BCUT2D eigenvalue weighted by Gasteiger charge is -2.20. The zero-order chi connectivity index (χ0) is 19.8. The second-order valence-electron chi connectivity index (χ2n) is 6.95. The molecule has 0 aromatic heterocycles. The summed E-state index contributed by atoms with van der Waals surface area (Å²) >= 11 is 0. The third-order valence-corrected chi connectivity index (χ3v) is 4.85. The maximum Gasteiger partial charge on any atom is 0.321 e. The molecule has 0 aliphatic carbocycles. The Morgan fingerprint density at radius 3 is 2.14 bits per heavy atom. The fraction of sp³-hybridized carbons (Fsp3) is 0.364. The molecule has 1 aliphatic rings. The summed E-state index contributed by atoms with van der Waals surface area (Å²) in [5.74, 6) is -0.186. The van der Waals surface area contributed by atoms with E-state index in [4.69, 9.17) is 4.74 Å². The molecule has 1 fully saturated rings. The predicted octanol–water partition coefficient (Wildman–Crippen LogP) is 4.49. The molecular formula is C22H27N3O3. The van der Waals surface area contributed by atoms with Crippen molar-refractivity contribution in [3.8, 4) is 0 Å². The van der Waals surface area contributed by atoms with Crippen LogP contribution in [0.3, 0.4) is 0 Å². The Morgan fingerprint density at radius 1 is 0.893 bits per heavy atom. The molecule has 28 heavy (non-hydrogen) atoms. The van der Waals surface area contributed by atoms with Crippen LogP contribution in [-0.2, 0) is 11.3 Å². The van der Waals surface area contributed by atoms with Gasteiger partial charge < -0.3 is 20.3 Å². The van der Waals surface area contributed by atoms with Crippen LogP contribution < -0.4 is 10.6 Å². The molecule has 0 atom stereocenters. The van der Waals surface area contributed by atoms with Gasteiger partial charge in [0.1, 0.15) is 0 Å². The first-order valence-electron chi connectivity index (χ1n) is 9.71. The lowest BCUT2D eigenvalue weighted by molar-refractivity contribution is 0.102. The van der Waals surface area contributed by atoms with E-state index in [2.05, 4.69) is 10.6 Å². The van der Waals surface area contributed by atoms with Crippen molar-refractivity contribution < 1.29 is 14.3 Å². The number of anilines is 2. The van der Waals surface area contributed by atoms with E-state index in [9.17, 15) is 9.59 Å². The maximum atomic E-state index is 12.6. The Bertz CT molecular complexity index is 797. The Labute approximate surface area is 165 Å². The van der Waals surface area contributed by atoms with Gasteiger partial charge in [0, 0.05) is 37.1 Å². The third-order valence-electron chi connectivity index (χ3n) is 4.85. The summed E-state index contributed by atoms with van der Waals surface area (Å²) < 4.78 is 5.16. The lowest BCUT2D eigenvalue weighted by Crippen LogP contribution is -2.35. The molecule has 1 aliphatic heterocycles. The monoisotopic (exact) mass is 381 g/mol. The molecule has 1 saturated heterocycles. The normalized spacial score (nSPS) is 14.2. The minimum Gasteiger partial charge on any atom is -0.380 e. The van der Waals surface area contributed by atoms with Crippen molar-refractivity contribution in [1.29, 1.82) is 0 Å². The molecule has 0 spiro atoms. The SMILES string of the molecule is COCc1ccccc1C(=O)Nc1ccc(NC(=O)N2CCCCCC2)cc1. The number of likely N-dealkylation sites (tertiary alicyclic amines) is 1. The molecular weight excluding hydrogens is 354 g/mol. The van der Waals surface area contributed by atoms with Crippen LogP contribution in [0.15, 0.2) is 48.5 Å². The molecule has 6 heteroatoms. The number of ether oxygens (including phenoxy) is 1. The Balaban J connectivity index is 1.60. The van der Waals surface area contributed by atoms with Gasteiger partial charge in [-0.25, -0.2) is 4.79 Å². The number of amides is 3. The highest BCUT2D eigenvalue weighted by atomic mass is 16.5. The summed E-state index contributed by atoms with van der Waals surface area (Å²) in [6.07, 6.45) is 4.49. The van der Waals surface area contributed by atoms with Crippen LogP contribution >= 0.6 is 0 Å². The molecule has 2 N–H and O–H groups in total. The van der Waals surface area contributed by atoms with Crippen LogP contribution in [0, 0.1) is 0 Å². The van der Waals surface area contributed by atoms with Crippen molar-refractivity contribution in [3.05, 3.63) is 59.7 Å². The van der Waals surface area contributed by atoms with Crippen molar-refractivity contribution >= 4 is 23.3 Å². The number of carbonyl (C=O) groups is 2. The fourth-order valence-corrected chi connectivity index (χ4v) is 3.33. The summed E-state index contributed by atoms with van der Waals surface area (Å²) in [6, 6.07) is 14.5. The van der Waals surface area contributed by atoms with Crippen molar-refractivity contribution in [3.63, 3.8) is 0 Å². The smallest absolute Gasteiger partial charge is 0.321 e. The lowest BCUT2D eigenvalue weighted by atomic mass is 10.1. The third kappa shape index (κ3) is 5.33. The van der Waals surface area contributed by atoms with Gasteiger partial charge in [-0.3, -0.25) is 4.79 Å². The number of methoxy groups -OCH3 is 1. The highest BCUT2D eigenvalue weighted by Gasteiger charge is 2.15. The number of nitrogens with zero attached hydrogens (tertiary/aromatic N) is 1. The molecule has 1 heterocycles. The van der Waals surface area contributed by atoms with Gasteiger partial charge in [0.15, 0.2) is 0 Å². The van der Waals surface area contributed by atoms with Gasteiger partial charge in [0.2, 0.25) is 0 Å². The number of carbonyl (C=O) groups excluding carboxylic acids is 2. The summed E-state index contributed by atoms with van der Waals surface area (Å²) in [6.45, 7) is 1.99. The van der Waals surface area contributed by atoms with Crippen molar-refractivity contribution in [2.75, 3.05) is 30.8 Å². The van der Waals surface area contributed by atoms with Crippen molar-refractivity contribution in [2.45, 2.75) is 32.3 Å². The molecule has 0 unspecified atom stereocenters. The Morgan fingerprint density at radius 2 is 1.50 bits per heavy atom. The van der Waals surface area contributed by atoms with Gasteiger partial charge in [-0.2, -0.15) is 0 Å². The zero-order valence-electron chi connectivity index (χ0n) is 16.2. The summed E-state index contributed by atoms with van der Waals surface area (Å²) in [5.41, 5.74) is 2.81. The highest BCUT2D eigenvalue weighted by Crippen LogP contribution is 2.18. The van der Waals surface area contributed by atoms with Crippen LogP contribution in [0.2, 0.25) is 0 Å². The fourth-order valence-electron chi connectivity index (χ4n) is 3.33. The van der Waals surface area contributed by atoms with Crippen LogP contribution in [-0.4, -0.2) is 37.0 Å². The molecule has 0 radical (unpaired) electrons. The Kier molecular flexibility index (Phi) is 7.03. The first-order chi connectivity index (χ1) is 13.7. The number of hydrogen-bond acceptors (Lipinski definition) is 3. The van der Waals surface area contributed by atoms with Crippen LogP contribution in [0.4, 0.5) is 16.2 Å². The quantitative estimate of drug-likeness (QED) is 0.801. The first-order valence-corrected chi connectivity index (χ1v) is 9.71. The predicted molar refractivity (Wildman–Crippen MR) is 111 cm³/mol. The van der Waals surface area contributed by atoms with E-state index in [1.807, 2.05) is 23.1 Å². The van der Waals surface area contributed by atoms with E-state index in [0.29, 0.717) is 23.5 Å². The van der Waals surface area contributed by atoms with Gasteiger partial charge in [0.05, 0.1) is 6.61 Å².